The molecule has 1 heterocycles. The van der Waals surface area contributed by atoms with E-state index in [2.05, 4.69) is 13.8 Å². The normalized spacial score (nSPS) is 16.2. The summed E-state index contributed by atoms with van der Waals surface area (Å²) in [5.74, 6) is 2.25. The van der Waals surface area contributed by atoms with Crippen LogP contribution in [0.5, 0.6) is 11.5 Å². The lowest BCUT2D eigenvalue weighted by Crippen LogP contribution is -2.17. The summed E-state index contributed by atoms with van der Waals surface area (Å²) in [4.78, 5) is 0. The molecule has 1 aromatic carbocycles. The summed E-state index contributed by atoms with van der Waals surface area (Å²) in [7, 11) is 0. The van der Waals surface area contributed by atoms with Gasteiger partial charge in [0.1, 0.15) is 13.2 Å². The maximum Gasteiger partial charge on any atom is 0.161 e. The van der Waals surface area contributed by atoms with E-state index in [0.717, 1.165) is 23.5 Å². The number of ether oxygens (including phenoxy) is 2. The Bertz CT molecular complexity index is 363. The number of rotatable bonds is 3. The SMILES string of the molecule is CC(C)C[C@H](N)c1ccc2c(c1)OCCO2. The lowest BCUT2D eigenvalue weighted by atomic mass is 9.97. The zero-order chi connectivity index (χ0) is 11.5. The van der Waals surface area contributed by atoms with Crippen LogP contribution in [-0.2, 0) is 0 Å². The van der Waals surface area contributed by atoms with Gasteiger partial charge in [0.25, 0.3) is 0 Å². The van der Waals surface area contributed by atoms with Crippen LogP contribution in [0, 0.1) is 5.92 Å². The summed E-state index contributed by atoms with van der Waals surface area (Å²) >= 11 is 0. The first-order valence-electron chi connectivity index (χ1n) is 5.82. The number of hydrogen-bond acceptors (Lipinski definition) is 3. The summed E-state index contributed by atoms with van der Waals surface area (Å²) in [6.45, 7) is 5.61. The smallest absolute Gasteiger partial charge is 0.161 e. The summed E-state index contributed by atoms with van der Waals surface area (Å²) < 4.78 is 11.0. The van der Waals surface area contributed by atoms with E-state index in [9.17, 15) is 0 Å². The van der Waals surface area contributed by atoms with E-state index in [1.165, 1.54) is 0 Å². The molecule has 2 rings (SSSR count). The monoisotopic (exact) mass is 221 g/mol. The standard InChI is InChI=1S/C13H19NO2/c1-9(2)7-11(14)10-3-4-12-13(8-10)16-6-5-15-12/h3-4,8-9,11H,5-7,14H2,1-2H3/t11-/m0/s1. The van der Waals surface area contributed by atoms with Crippen LogP contribution in [0.3, 0.4) is 0 Å². The molecule has 0 saturated heterocycles. The lowest BCUT2D eigenvalue weighted by molar-refractivity contribution is 0.171. The number of nitrogens with two attached hydrogens (primary N) is 1. The lowest BCUT2D eigenvalue weighted by Gasteiger charge is -2.21. The molecule has 2 N–H and O–H groups in total. The van der Waals surface area contributed by atoms with Crippen LogP contribution in [0.25, 0.3) is 0 Å². The molecule has 0 spiro atoms. The highest BCUT2D eigenvalue weighted by molar-refractivity contribution is 5.44. The maximum atomic E-state index is 6.13. The molecular weight excluding hydrogens is 202 g/mol. The number of hydrogen-bond donors (Lipinski definition) is 1. The summed E-state index contributed by atoms with van der Waals surface area (Å²) in [5.41, 5.74) is 7.26. The van der Waals surface area contributed by atoms with E-state index in [1.54, 1.807) is 0 Å². The third-order valence-corrected chi connectivity index (χ3v) is 2.72. The van der Waals surface area contributed by atoms with Crippen LogP contribution in [-0.4, -0.2) is 13.2 Å². The van der Waals surface area contributed by atoms with E-state index in [4.69, 9.17) is 15.2 Å². The van der Waals surface area contributed by atoms with Crippen molar-refractivity contribution in [2.24, 2.45) is 11.7 Å². The Balaban J connectivity index is 2.16. The van der Waals surface area contributed by atoms with Crippen molar-refractivity contribution in [3.63, 3.8) is 0 Å². The molecule has 0 radical (unpaired) electrons. The Morgan fingerprint density at radius 1 is 1.19 bits per heavy atom. The van der Waals surface area contributed by atoms with Crippen LogP contribution in [0.4, 0.5) is 0 Å². The van der Waals surface area contributed by atoms with Crippen molar-refractivity contribution in [3.05, 3.63) is 23.8 Å². The molecule has 88 valence electrons. The van der Waals surface area contributed by atoms with E-state index < -0.39 is 0 Å². The Morgan fingerprint density at radius 2 is 1.88 bits per heavy atom. The molecule has 16 heavy (non-hydrogen) atoms. The van der Waals surface area contributed by atoms with E-state index in [0.29, 0.717) is 19.1 Å². The third kappa shape index (κ3) is 2.47. The Labute approximate surface area is 96.5 Å². The molecule has 3 nitrogen and oxygen atoms in total. The molecule has 3 heteroatoms. The molecule has 1 aliphatic rings. The van der Waals surface area contributed by atoms with Crippen molar-refractivity contribution in [1.29, 1.82) is 0 Å². The topological polar surface area (TPSA) is 44.5 Å². The fraction of sp³-hybridized carbons (Fsp3) is 0.538. The second-order valence-corrected chi connectivity index (χ2v) is 4.64. The predicted octanol–water partition coefficient (Wildman–Crippen LogP) is 2.50. The highest BCUT2D eigenvalue weighted by Crippen LogP contribution is 2.33. The van der Waals surface area contributed by atoms with Crippen LogP contribution in [0.1, 0.15) is 31.9 Å². The summed E-state index contributed by atoms with van der Waals surface area (Å²) in [6.07, 6.45) is 0.986. The van der Waals surface area contributed by atoms with Gasteiger partial charge < -0.3 is 15.2 Å². The van der Waals surface area contributed by atoms with E-state index in [1.807, 2.05) is 18.2 Å². The first-order valence-corrected chi connectivity index (χ1v) is 5.82. The predicted molar refractivity (Wildman–Crippen MR) is 63.8 cm³/mol. The molecule has 1 aromatic rings. The highest BCUT2D eigenvalue weighted by atomic mass is 16.6. The molecule has 0 unspecified atom stereocenters. The van der Waals surface area contributed by atoms with Gasteiger partial charge in [0, 0.05) is 6.04 Å². The van der Waals surface area contributed by atoms with Crippen molar-refractivity contribution in [2.45, 2.75) is 26.3 Å². The first kappa shape index (κ1) is 11.3. The van der Waals surface area contributed by atoms with Crippen molar-refractivity contribution in [1.82, 2.24) is 0 Å². The number of fused-ring (bicyclic) bond motifs is 1. The Hall–Kier alpha value is -1.22. The zero-order valence-corrected chi connectivity index (χ0v) is 9.90. The fourth-order valence-corrected chi connectivity index (χ4v) is 1.93. The van der Waals surface area contributed by atoms with Crippen molar-refractivity contribution < 1.29 is 9.47 Å². The fourth-order valence-electron chi connectivity index (χ4n) is 1.93. The van der Waals surface area contributed by atoms with Crippen LogP contribution in [0.2, 0.25) is 0 Å². The molecule has 0 saturated carbocycles. The van der Waals surface area contributed by atoms with Crippen LogP contribution < -0.4 is 15.2 Å². The largest absolute Gasteiger partial charge is 0.486 e. The Kier molecular flexibility index (Phi) is 3.34. The average Bonchev–Trinajstić information content (AvgIpc) is 2.27. The van der Waals surface area contributed by atoms with Gasteiger partial charge in [0.2, 0.25) is 0 Å². The van der Waals surface area contributed by atoms with Gasteiger partial charge in [-0.15, -0.1) is 0 Å². The third-order valence-electron chi connectivity index (χ3n) is 2.72. The second kappa shape index (κ2) is 4.74. The molecular formula is C13H19NO2. The molecule has 0 amide bonds. The minimum atomic E-state index is 0.0795. The highest BCUT2D eigenvalue weighted by Gasteiger charge is 2.15. The summed E-state index contributed by atoms with van der Waals surface area (Å²) in [6, 6.07) is 6.06. The van der Waals surface area contributed by atoms with Gasteiger partial charge in [-0.3, -0.25) is 0 Å². The van der Waals surface area contributed by atoms with Gasteiger partial charge in [0.15, 0.2) is 11.5 Å². The van der Waals surface area contributed by atoms with Crippen LogP contribution in [0.15, 0.2) is 18.2 Å². The van der Waals surface area contributed by atoms with Gasteiger partial charge in [0.05, 0.1) is 0 Å². The van der Waals surface area contributed by atoms with Gasteiger partial charge in [-0.25, -0.2) is 0 Å². The molecule has 0 fully saturated rings. The van der Waals surface area contributed by atoms with Crippen molar-refractivity contribution >= 4 is 0 Å². The summed E-state index contributed by atoms with van der Waals surface area (Å²) in [5, 5.41) is 0. The zero-order valence-electron chi connectivity index (χ0n) is 9.90. The van der Waals surface area contributed by atoms with Crippen molar-refractivity contribution in [2.75, 3.05) is 13.2 Å². The number of benzene rings is 1. The molecule has 1 atom stereocenters. The molecule has 0 aromatic heterocycles. The van der Waals surface area contributed by atoms with Gasteiger partial charge in [-0.2, -0.15) is 0 Å². The minimum absolute atomic E-state index is 0.0795. The molecule has 0 bridgehead atoms. The average molecular weight is 221 g/mol. The van der Waals surface area contributed by atoms with E-state index >= 15 is 0 Å². The van der Waals surface area contributed by atoms with Gasteiger partial charge in [-0.1, -0.05) is 19.9 Å². The second-order valence-electron chi connectivity index (χ2n) is 4.64. The van der Waals surface area contributed by atoms with Gasteiger partial charge in [-0.05, 0) is 30.0 Å². The molecule has 0 aliphatic carbocycles. The quantitative estimate of drug-likeness (QED) is 0.853. The van der Waals surface area contributed by atoms with Crippen LogP contribution >= 0.6 is 0 Å². The molecule has 1 aliphatic heterocycles. The first-order chi connectivity index (χ1) is 7.66. The minimum Gasteiger partial charge on any atom is -0.486 e. The van der Waals surface area contributed by atoms with Gasteiger partial charge >= 0.3 is 0 Å². The Morgan fingerprint density at radius 3 is 2.56 bits per heavy atom. The van der Waals surface area contributed by atoms with Crippen molar-refractivity contribution in [3.8, 4) is 11.5 Å². The maximum absolute atomic E-state index is 6.13. The van der Waals surface area contributed by atoms with E-state index in [-0.39, 0.29) is 6.04 Å².